The van der Waals surface area contributed by atoms with Gasteiger partial charge < -0.3 is 48.5 Å². The minimum atomic E-state index is -1.76. The molecule has 3 amide bonds. The summed E-state index contributed by atoms with van der Waals surface area (Å²) in [6.07, 6.45) is -0.0725. The SMILES string of the molecule is CC(C)CC(NC(=O)C(N)CCCN=C(N)N)C(=O)NC(CO)C(=O)NC(CC(=O)O)C(=O)O. The maximum Gasteiger partial charge on any atom is 0.326 e. The van der Waals surface area contributed by atoms with Crippen LogP contribution in [0.25, 0.3) is 0 Å². The number of aliphatic imine (C=N–C) groups is 1. The summed E-state index contributed by atoms with van der Waals surface area (Å²) in [7, 11) is 0. The zero-order valence-electron chi connectivity index (χ0n) is 19.2. The van der Waals surface area contributed by atoms with E-state index in [0.717, 1.165) is 0 Å². The summed E-state index contributed by atoms with van der Waals surface area (Å²) in [5.41, 5.74) is 16.3. The lowest BCUT2D eigenvalue weighted by Crippen LogP contribution is -2.58. The predicted octanol–water partition coefficient (Wildman–Crippen LogP) is -3.58. The Morgan fingerprint density at radius 2 is 1.41 bits per heavy atom. The molecule has 0 saturated heterocycles. The number of nitrogens with zero attached hydrogens (tertiary/aromatic N) is 1. The molecule has 34 heavy (non-hydrogen) atoms. The summed E-state index contributed by atoms with van der Waals surface area (Å²) in [5.74, 6) is -5.74. The van der Waals surface area contributed by atoms with Gasteiger partial charge in [0, 0.05) is 6.54 Å². The van der Waals surface area contributed by atoms with Crippen LogP contribution in [0.4, 0.5) is 0 Å². The predicted molar refractivity (Wildman–Crippen MR) is 120 cm³/mol. The van der Waals surface area contributed by atoms with E-state index in [1.54, 1.807) is 13.8 Å². The summed E-state index contributed by atoms with van der Waals surface area (Å²) in [6.45, 7) is 2.96. The second-order valence-electron chi connectivity index (χ2n) is 7.99. The Morgan fingerprint density at radius 3 is 1.88 bits per heavy atom. The van der Waals surface area contributed by atoms with Gasteiger partial charge in [-0.15, -0.1) is 0 Å². The van der Waals surface area contributed by atoms with Gasteiger partial charge in [-0.25, -0.2) is 4.79 Å². The number of aliphatic carboxylic acids is 2. The van der Waals surface area contributed by atoms with Crippen LogP contribution in [0.3, 0.4) is 0 Å². The van der Waals surface area contributed by atoms with Gasteiger partial charge >= 0.3 is 11.9 Å². The maximum atomic E-state index is 12.7. The Balaban J connectivity index is 5.17. The van der Waals surface area contributed by atoms with Gasteiger partial charge in [-0.05, 0) is 25.2 Å². The molecule has 15 heteroatoms. The number of aliphatic hydroxyl groups is 1. The van der Waals surface area contributed by atoms with Crippen LogP contribution >= 0.6 is 0 Å². The van der Waals surface area contributed by atoms with E-state index in [9.17, 15) is 29.1 Å². The van der Waals surface area contributed by atoms with Crippen molar-refractivity contribution in [1.82, 2.24) is 16.0 Å². The van der Waals surface area contributed by atoms with Crippen molar-refractivity contribution in [2.75, 3.05) is 13.2 Å². The minimum absolute atomic E-state index is 0.0532. The van der Waals surface area contributed by atoms with E-state index in [2.05, 4.69) is 15.6 Å². The fourth-order valence-electron chi connectivity index (χ4n) is 2.75. The van der Waals surface area contributed by atoms with Crippen molar-refractivity contribution < 1.29 is 39.3 Å². The number of hydrogen-bond donors (Lipinski definition) is 9. The Hall–Kier alpha value is -3.46. The second-order valence-corrected chi connectivity index (χ2v) is 7.99. The number of hydrogen-bond acceptors (Lipinski definition) is 8. The first-order valence-corrected chi connectivity index (χ1v) is 10.6. The normalized spacial score (nSPS) is 14.3. The molecule has 0 aromatic carbocycles. The molecule has 0 aromatic heterocycles. The van der Waals surface area contributed by atoms with Crippen molar-refractivity contribution in [3.05, 3.63) is 0 Å². The molecular weight excluding hydrogens is 454 g/mol. The zero-order chi connectivity index (χ0) is 26.4. The van der Waals surface area contributed by atoms with Gasteiger partial charge in [0.05, 0.1) is 19.1 Å². The number of nitrogens with two attached hydrogens (primary N) is 3. The average molecular weight is 490 g/mol. The maximum absolute atomic E-state index is 12.7. The van der Waals surface area contributed by atoms with Gasteiger partial charge in [0.1, 0.15) is 18.1 Å². The first-order valence-electron chi connectivity index (χ1n) is 10.6. The number of nitrogens with one attached hydrogen (secondary N) is 3. The molecule has 15 nitrogen and oxygen atoms in total. The highest BCUT2D eigenvalue weighted by molar-refractivity contribution is 5.94. The number of guanidine groups is 1. The summed E-state index contributed by atoms with van der Waals surface area (Å²) in [4.78, 5) is 63.1. The molecule has 0 bridgehead atoms. The molecule has 12 N–H and O–H groups in total. The fourth-order valence-corrected chi connectivity index (χ4v) is 2.75. The third kappa shape index (κ3) is 12.5. The lowest BCUT2D eigenvalue weighted by atomic mass is 10.0. The summed E-state index contributed by atoms with van der Waals surface area (Å²) in [5, 5.41) is 34.0. The number of carboxylic acids is 2. The van der Waals surface area contributed by atoms with Gasteiger partial charge in [0.15, 0.2) is 5.96 Å². The largest absolute Gasteiger partial charge is 0.481 e. The zero-order valence-corrected chi connectivity index (χ0v) is 19.2. The van der Waals surface area contributed by atoms with Gasteiger partial charge in [-0.1, -0.05) is 13.8 Å². The van der Waals surface area contributed by atoms with Crippen molar-refractivity contribution in [2.24, 2.45) is 28.1 Å². The first-order chi connectivity index (χ1) is 15.8. The van der Waals surface area contributed by atoms with Crippen molar-refractivity contribution >= 4 is 35.6 Å². The molecular formula is C19H35N7O8. The van der Waals surface area contributed by atoms with E-state index < -0.39 is 66.9 Å². The van der Waals surface area contributed by atoms with E-state index in [1.807, 2.05) is 5.32 Å². The van der Waals surface area contributed by atoms with E-state index >= 15 is 0 Å². The number of carbonyl (C=O) groups is 5. The van der Waals surface area contributed by atoms with Crippen LogP contribution in [-0.2, 0) is 24.0 Å². The van der Waals surface area contributed by atoms with E-state index in [0.29, 0.717) is 6.42 Å². The van der Waals surface area contributed by atoms with E-state index in [1.165, 1.54) is 0 Å². The third-order valence-electron chi connectivity index (χ3n) is 4.45. The average Bonchev–Trinajstić information content (AvgIpc) is 2.72. The van der Waals surface area contributed by atoms with Crippen LogP contribution in [0.15, 0.2) is 4.99 Å². The highest BCUT2D eigenvalue weighted by Crippen LogP contribution is 2.07. The standard InChI is InChI=1S/C19H35N7O8/c1-9(2)6-11(24-15(30)10(20)4-3-5-23-19(21)22)16(31)26-13(8-27)17(32)25-12(18(33)34)7-14(28)29/h9-13,27H,3-8,20H2,1-2H3,(H,24,30)(H,25,32)(H,26,31)(H,28,29)(H,33,34)(H4,21,22,23). The molecule has 194 valence electrons. The Labute approximate surface area is 196 Å². The monoisotopic (exact) mass is 489 g/mol. The van der Waals surface area contributed by atoms with Crippen LogP contribution in [0.5, 0.6) is 0 Å². The fraction of sp³-hybridized carbons (Fsp3) is 0.684. The van der Waals surface area contributed by atoms with E-state index in [4.69, 9.17) is 27.4 Å². The number of amides is 3. The highest BCUT2D eigenvalue weighted by Gasteiger charge is 2.31. The number of rotatable bonds is 16. The van der Waals surface area contributed by atoms with Crippen LogP contribution in [-0.4, -0.2) is 88.3 Å². The van der Waals surface area contributed by atoms with Crippen molar-refractivity contribution in [3.8, 4) is 0 Å². The molecule has 0 aliphatic rings. The third-order valence-corrected chi connectivity index (χ3v) is 4.45. The lowest BCUT2D eigenvalue weighted by molar-refractivity contribution is -0.147. The first kappa shape index (κ1) is 30.5. The van der Waals surface area contributed by atoms with Crippen LogP contribution < -0.4 is 33.2 Å². The van der Waals surface area contributed by atoms with Gasteiger partial charge in [-0.3, -0.25) is 24.2 Å². The summed E-state index contributed by atoms with van der Waals surface area (Å²) < 4.78 is 0. The number of carbonyl (C=O) groups excluding carboxylic acids is 3. The Kier molecular flexibility index (Phi) is 13.8. The van der Waals surface area contributed by atoms with Crippen molar-refractivity contribution in [2.45, 2.75) is 63.7 Å². The molecule has 4 atom stereocenters. The van der Waals surface area contributed by atoms with Crippen LogP contribution in [0.1, 0.15) is 39.5 Å². The highest BCUT2D eigenvalue weighted by atomic mass is 16.4. The molecule has 0 spiro atoms. The smallest absolute Gasteiger partial charge is 0.326 e. The van der Waals surface area contributed by atoms with Crippen LogP contribution in [0, 0.1) is 5.92 Å². The van der Waals surface area contributed by atoms with E-state index in [-0.39, 0.29) is 31.3 Å². The van der Waals surface area contributed by atoms with Crippen LogP contribution in [0.2, 0.25) is 0 Å². The molecule has 0 rings (SSSR count). The quantitative estimate of drug-likeness (QED) is 0.0580. The Morgan fingerprint density at radius 1 is 0.882 bits per heavy atom. The van der Waals surface area contributed by atoms with Crippen molar-refractivity contribution in [1.29, 1.82) is 0 Å². The lowest BCUT2D eigenvalue weighted by Gasteiger charge is -2.25. The molecule has 0 aliphatic carbocycles. The minimum Gasteiger partial charge on any atom is -0.481 e. The summed E-state index contributed by atoms with van der Waals surface area (Å²) in [6, 6.07) is -5.41. The number of aliphatic hydroxyl groups excluding tert-OH is 1. The second kappa shape index (κ2) is 15.4. The van der Waals surface area contributed by atoms with Gasteiger partial charge in [0.25, 0.3) is 0 Å². The molecule has 0 fully saturated rings. The number of carboxylic acid groups (broad SMARTS) is 2. The molecule has 0 saturated carbocycles. The van der Waals surface area contributed by atoms with Crippen molar-refractivity contribution in [3.63, 3.8) is 0 Å². The van der Waals surface area contributed by atoms with Gasteiger partial charge in [0.2, 0.25) is 17.7 Å². The Bertz CT molecular complexity index is 755. The molecule has 0 aliphatic heterocycles. The topological polar surface area (TPSA) is 273 Å². The molecule has 0 radical (unpaired) electrons. The summed E-state index contributed by atoms with van der Waals surface area (Å²) >= 11 is 0. The molecule has 4 unspecified atom stereocenters. The molecule has 0 aromatic rings. The van der Waals surface area contributed by atoms with Gasteiger partial charge in [-0.2, -0.15) is 0 Å². The molecule has 0 heterocycles.